The molecule has 3 nitrogen and oxygen atoms in total. The van der Waals surface area contributed by atoms with E-state index in [1.54, 1.807) is 7.05 Å². The lowest BCUT2D eigenvalue weighted by Crippen LogP contribution is -2.31. The van der Waals surface area contributed by atoms with Crippen LogP contribution >= 0.6 is 0 Å². The average Bonchev–Trinajstić information content (AvgIpc) is 2.33. The lowest BCUT2D eigenvalue weighted by molar-refractivity contribution is -0.133. The lowest BCUT2D eigenvalue weighted by Gasteiger charge is -2.24. The number of carbonyl (C=O) groups excluding carboxylic acids is 1. The summed E-state index contributed by atoms with van der Waals surface area (Å²) < 4.78 is 0. The zero-order valence-electron chi connectivity index (χ0n) is 7.36. The second-order valence-electron chi connectivity index (χ2n) is 3.92. The molecule has 1 aliphatic carbocycles. The van der Waals surface area contributed by atoms with Crippen LogP contribution in [0.1, 0.15) is 25.7 Å². The molecule has 0 radical (unpaired) electrons. The summed E-state index contributed by atoms with van der Waals surface area (Å²) in [7, 11) is 1.70. The summed E-state index contributed by atoms with van der Waals surface area (Å²) >= 11 is 0. The van der Waals surface area contributed by atoms with Crippen molar-refractivity contribution in [2.75, 3.05) is 7.05 Å². The number of aliphatic hydroxyl groups is 1. The highest BCUT2D eigenvalue weighted by Crippen LogP contribution is 2.39. The maximum atomic E-state index is 11.5. The number of hydrogen-bond donors (Lipinski definition) is 1. The number of hydrogen-bond acceptors (Lipinski definition) is 2. The summed E-state index contributed by atoms with van der Waals surface area (Å²) in [6.07, 6.45) is 3.79. The number of nitrogens with zero attached hydrogens (tertiary/aromatic N) is 1. The molecule has 12 heavy (non-hydrogen) atoms. The molecule has 2 fully saturated rings. The monoisotopic (exact) mass is 169 g/mol. The minimum absolute atomic E-state index is 0.124. The second-order valence-corrected chi connectivity index (χ2v) is 3.92. The Morgan fingerprint density at radius 3 is 2.75 bits per heavy atom. The Hall–Kier alpha value is -0.570. The van der Waals surface area contributed by atoms with E-state index in [2.05, 4.69) is 0 Å². The minimum Gasteiger partial charge on any atom is -0.373 e. The highest BCUT2D eigenvalue weighted by atomic mass is 16.3. The number of rotatable bonds is 0. The van der Waals surface area contributed by atoms with Crippen LogP contribution in [0, 0.1) is 11.8 Å². The summed E-state index contributed by atoms with van der Waals surface area (Å²) in [5.41, 5.74) is 0. The van der Waals surface area contributed by atoms with E-state index in [0.717, 1.165) is 19.3 Å². The number of fused-ring (bicyclic) bond motifs is 1. The van der Waals surface area contributed by atoms with Gasteiger partial charge in [0.2, 0.25) is 5.91 Å². The van der Waals surface area contributed by atoms with E-state index >= 15 is 0 Å². The van der Waals surface area contributed by atoms with Gasteiger partial charge >= 0.3 is 0 Å². The largest absolute Gasteiger partial charge is 0.373 e. The number of amides is 1. The summed E-state index contributed by atoms with van der Waals surface area (Å²) in [4.78, 5) is 13.0. The first-order valence-electron chi connectivity index (χ1n) is 4.66. The Balaban J connectivity index is 2.19. The summed E-state index contributed by atoms with van der Waals surface area (Å²) in [6, 6.07) is 0. The van der Waals surface area contributed by atoms with Crippen molar-refractivity contribution in [3.05, 3.63) is 0 Å². The van der Waals surface area contributed by atoms with Gasteiger partial charge in [0.15, 0.2) is 0 Å². The number of carbonyl (C=O) groups is 1. The average molecular weight is 169 g/mol. The van der Waals surface area contributed by atoms with Gasteiger partial charge in [-0.1, -0.05) is 12.8 Å². The van der Waals surface area contributed by atoms with Gasteiger partial charge in [-0.2, -0.15) is 0 Å². The molecule has 3 atom stereocenters. The van der Waals surface area contributed by atoms with Crippen LogP contribution in [0.3, 0.4) is 0 Å². The third kappa shape index (κ3) is 0.959. The topological polar surface area (TPSA) is 40.5 Å². The Morgan fingerprint density at radius 2 is 2.08 bits per heavy atom. The van der Waals surface area contributed by atoms with Crippen LogP contribution in [0.15, 0.2) is 0 Å². The standard InChI is InChI=1S/C9H15NO2/c1-10-8(11)6-4-2-3-5-7(6)9(10)12/h6-8,11H,2-5H2,1H3/t6-,7+,8-/m1/s1. The fraction of sp³-hybridized carbons (Fsp3) is 0.889. The Kier molecular flexibility index (Phi) is 1.83. The molecule has 0 aromatic heterocycles. The van der Waals surface area contributed by atoms with Crippen molar-refractivity contribution in [3.8, 4) is 0 Å². The SMILES string of the molecule is CN1C(=O)[C@H]2CCCC[C@H]2[C@H]1O. The van der Waals surface area contributed by atoms with Crippen molar-refractivity contribution in [3.63, 3.8) is 0 Å². The molecule has 1 amide bonds. The molecule has 2 aliphatic rings. The predicted octanol–water partition coefficient (Wildman–Crippen LogP) is 0.583. The van der Waals surface area contributed by atoms with Gasteiger partial charge in [0.1, 0.15) is 6.23 Å². The van der Waals surface area contributed by atoms with Crippen LogP contribution in [0.25, 0.3) is 0 Å². The Labute approximate surface area is 72.4 Å². The van der Waals surface area contributed by atoms with E-state index in [0.29, 0.717) is 0 Å². The minimum atomic E-state index is -0.511. The first kappa shape index (κ1) is 8.05. The van der Waals surface area contributed by atoms with Crippen molar-refractivity contribution in [1.29, 1.82) is 0 Å². The molecule has 1 saturated carbocycles. The van der Waals surface area contributed by atoms with Crippen LogP contribution in [0.4, 0.5) is 0 Å². The maximum absolute atomic E-state index is 11.5. The molecule has 0 aromatic carbocycles. The summed E-state index contributed by atoms with van der Waals surface area (Å²) in [5, 5.41) is 9.67. The Morgan fingerprint density at radius 1 is 1.42 bits per heavy atom. The maximum Gasteiger partial charge on any atom is 0.227 e. The quantitative estimate of drug-likeness (QED) is 0.576. The first-order valence-corrected chi connectivity index (χ1v) is 4.66. The van der Waals surface area contributed by atoms with Gasteiger partial charge in [0.25, 0.3) is 0 Å². The molecule has 2 rings (SSSR count). The van der Waals surface area contributed by atoms with Crippen molar-refractivity contribution in [2.24, 2.45) is 11.8 Å². The summed E-state index contributed by atoms with van der Waals surface area (Å²) in [5.74, 6) is 0.488. The van der Waals surface area contributed by atoms with Crippen LogP contribution in [-0.4, -0.2) is 29.2 Å². The number of likely N-dealkylation sites (tertiary alicyclic amines) is 1. The zero-order valence-corrected chi connectivity index (χ0v) is 7.36. The Bertz CT molecular complexity index is 205. The van der Waals surface area contributed by atoms with E-state index in [-0.39, 0.29) is 17.7 Å². The third-order valence-electron chi connectivity index (χ3n) is 3.26. The third-order valence-corrected chi connectivity index (χ3v) is 3.26. The van der Waals surface area contributed by atoms with E-state index in [9.17, 15) is 9.90 Å². The van der Waals surface area contributed by atoms with Crippen molar-refractivity contribution in [2.45, 2.75) is 31.9 Å². The fourth-order valence-electron chi connectivity index (χ4n) is 2.50. The zero-order chi connectivity index (χ0) is 8.72. The second kappa shape index (κ2) is 2.73. The normalized spacial score (nSPS) is 41.7. The molecule has 3 heteroatoms. The highest BCUT2D eigenvalue weighted by Gasteiger charge is 2.45. The van der Waals surface area contributed by atoms with Crippen molar-refractivity contribution < 1.29 is 9.90 Å². The van der Waals surface area contributed by atoms with Gasteiger partial charge in [-0.15, -0.1) is 0 Å². The van der Waals surface area contributed by atoms with E-state index in [4.69, 9.17) is 0 Å². The van der Waals surface area contributed by atoms with Gasteiger partial charge in [0, 0.05) is 18.9 Å². The van der Waals surface area contributed by atoms with E-state index in [1.807, 2.05) is 0 Å². The first-order chi connectivity index (χ1) is 5.72. The van der Waals surface area contributed by atoms with Crippen LogP contribution in [-0.2, 0) is 4.79 Å². The van der Waals surface area contributed by atoms with E-state index < -0.39 is 6.23 Å². The van der Waals surface area contributed by atoms with Gasteiger partial charge in [-0.05, 0) is 12.8 Å². The number of aliphatic hydroxyl groups excluding tert-OH is 1. The van der Waals surface area contributed by atoms with Gasteiger partial charge in [-0.25, -0.2) is 0 Å². The van der Waals surface area contributed by atoms with Crippen LogP contribution in [0.5, 0.6) is 0 Å². The molecule has 68 valence electrons. The molecular weight excluding hydrogens is 154 g/mol. The molecule has 0 bridgehead atoms. The fourth-order valence-corrected chi connectivity index (χ4v) is 2.50. The summed E-state index contributed by atoms with van der Waals surface area (Å²) in [6.45, 7) is 0. The lowest BCUT2D eigenvalue weighted by atomic mass is 9.81. The van der Waals surface area contributed by atoms with Gasteiger partial charge in [0.05, 0.1) is 0 Å². The molecule has 0 unspecified atom stereocenters. The molecule has 1 aliphatic heterocycles. The molecule has 1 saturated heterocycles. The van der Waals surface area contributed by atoms with Crippen molar-refractivity contribution in [1.82, 2.24) is 4.90 Å². The molecule has 0 aromatic rings. The van der Waals surface area contributed by atoms with Crippen molar-refractivity contribution >= 4 is 5.91 Å². The molecule has 1 heterocycles. The van der Waals surface area contributed by atoms with Gasteiger partial charge < -0.3 is 10.0 Å². The molecule has 0 spiro atoms. The van der Waals surface area contributed by atoms with Crippen LogP contribution in [0.2, 0.25) is 0 Å². The predicted molar refractivity (Wildman–Crippen MR) is 44.2 cm³/mol. The molecule has 1 N–H and O–H groups in total. The highest BCUT2D eigenvalue weighted by molar-refractivity contribution is 5.81. The smallest absolute Gasteiger partial charge is 0.227 e. The van der Waals surface area contributed by atoms with Crippen LogP contribution < -0.4 is 0 Å². The van der Waals surface area contributed by atoms with E-state index in [1.165, 1.54) is 11.3 Å². The van der Waals surface area contributed by atoms with Gasteiger partial charge in [-0.3, -0.25) is 4.79 Å². The molecular formula is C9H15NO2.